The first-order valence-corrected chi connectivity index (χ1v) is 11.0. The summed E-state index contributed by atoms with van der Waals surface area (Å²) in [5, 5.41) is 1.60. The summed E-state index contributed by atoms with van der Waals surface area (Å²) in [7, 11) is 1.57. The van der Waals surface area contributed by atoms with Crippen LogP contribution in [-0.2, 0) is 11.8 Å². The summed E-state index contributed by atoms with van der Waals surface area (Å²) in [6, 6.07) is 1.84. The van der Waals surface area contributed by atoms with Gasteiger partial charge in [-0.15, -0.1) is 0 Å². The van der Waals surface area contributed by atoms with Gasteiger partial charge in [-0.05, 0) is 18.2 Å². The van der Waals surface area contributed by atoms with Gasteiger partial charge in [-0.2, -0.15) is 0 Å². The number of nitrogens with zero attached hydrogens (tertiary/aromatic N) is 1. The molecule has 0 aliphatic rings. The van der Waals surface area contributed by atoms with Crippen molar-refractivity contribution in [1.82, 2.24) is 4.57 Å². The maximum absolute atomic E-state index is 12.4. The monoisotopic (exact) mass is 333 g/mol. The van der Waals surface area contributed by atoms with Gasteiger partial charge in [0.1, 0.15) is 5.75 Å². The second-order valence-electron chi connectivity index (χ2n) is 6.70. The van der Waals surface area contributed by atoms with Gasteiger partial charge in [-0.1, -0.05) is 19.6 Å². The maximum Gasteiger partial charge on any atom is 0.308 e. The number of hydrogen-bond donors (Lipinski definition) is 0. The van der Waals surface area contributed by atoms with Crippen LogP contribution in [0.2, 0.25) is 19.6 Å². The summed E-state index contributed by atoms with van der Waals surface area (Å²) in [5.74, 6) is 0.485. The first-order valence-electron chi connectivity index (χ1n) is 7.48. The van der Waals surface area contributed by atoms with Crippen molar-refractivity contribution < 1.29 is 19.1 Å². The van der Waals surface area contributed by atoms with Crippen LogP contribution in [0.1, 0.15) is 24.2 Å². The number of benzene rings is 1. The summed E-state index contributed by atoms with van der Waals surface area (Å²) in [5.41, 5.74) is 1.31. The van der Waals surface area contributed by atoms with Crippen LogP contribution in [-0.4, -0.2) is 31.5 Å². The third-order valence-corrected chi connectivity index (χ3v) is 5.77. The lowest BCUT2D eigenvalue weighted by Gasteiger charge is -2.26. The Morgan fingerprint density at radius 3 is 2.17 bits per heavy atom. The van der Waals surface area contributed by atoms with Crippen molar-refractivity contribution in [1.29, 1.82) is 0 Å². The number of fused-ring (bicyclic) bond motifs is 1. The number of carbonyl (C=O) groups excluding carboxylic acids is 2. The van der Waals surface area contributed by atoms with Crippen LogP contribution in [0, 0.1) is 0 Å². The molecule has 0 amide bonds. The average molecular weight is 333 g/mol. The molecule has 1 aromatic carbocycles. The van der Waals surface area contributed by atoms with Gasteiger partial charge in [-0.25, -0.2) is 0 Å². The Morgan fingerprint density at radius 2 is 1.74 bits per heavy atom. The van der Waals surface area contributed by atoms with Crippen molar-refractivity contribution in [2.75, 3.05) is 7.11 Å². The first-order chi connectivity index (χ1) is 10.6. The van der Waals surface area contributed by atoms with Crippen molar-refractivity contribution >= 4 is 35.9 Å². The fraction of sp³-hybridized carbons (Fsp3) is 0.412. The van der Waals surface area contributed by atoms with Gasteiger partial charge in [-0.3, -0.25) is 9.59 Å². The molecule has 0 spiro atoms. The number of ketones is 1. The molecule has 0 saturated heterocycles. The zero-order valence-corrected chi connectivity index (χ0v) is 15.7. The SMILES string of the molecule is COc1c([Si](C)(C)C)c(C(C)=O)c(OC(C)=O)c2ccn(C)c12. The predicted molar refractivity (Wildman–Crippen MR) is 93.8 cm³/mol. The summed E-state index contributed by atoms with van der Waals surface area (Å²) in [6.07, 6.45) is 1.87. The Bertz CT molecular complexity index is 799. The molecule has 1 aromatic heterocycles. The Labute approximate surface area is 137 Å². The molecule has 0 unspecified atom stereocenters. The van der Waals surface area contributed by atoms with Crippen LogP contribution in [0.25, 0.3) is 10.9 Å². The van der Waals surface area contributed by atoms with E-state index in [9.17, 15) is 9.59 Å². The van der Waals surface area contributed by atoms with Crippen molar-refractivity contribution in [3.63, 3.8) is 0 Å². The highest BCUT2D eigenvalue weighted by Crippen LogP contribution is 2.38. The molecule has 0 N–H and O–H groups in total. The van der Waals surface area contributed by atoms with Gasteiger partial charge in [0, 0.05) is 25.6 Å². The van der Waals surface area contributed by atoms with E-state index >= 15 is 0 Å². The topological polar surface area (TPSA) is 57.5 Å². The quantitative estimate of drug-likeness (QED) is 0.374. The van der Waals surface area contributed by atoms with E-state index in [0.717, 1.165) is 10.7 Å². The number of Topliss-reactive ketones (excluding diaryl/α,β-unsaturated/α-hetero) is 1. The number of esters is 1. The van der Waals surface area contributed by atoms with Crippen LogP contribution in [0.15, 0.2) is 12.3 Å². The minimum absolute atomic E-state index is 0.122. The Hall–Kier alpha value is -2.08. The molecule has 5 nitrogen and oxygen atoms in total. The van der Waals surface area contributed by atoms with E-state index in [4.69, 9.17) is 9.47 Å². The van der Waals surface area contributed by atoms with Crippen molar-refractivity contribution in [2.45, 2.75) is 33.5 Å². The van der Waals surface area contributed by atoms with E-state index in [1.807, 2.05) is 23.9 Å². The van der Waals surface area contributed by atoms with E-state index in [2.05, 4.69) is 19.6 Å². The van der Waals surface area contributed by atoms with E-state index in [1.165, 1.54) is 13.8 Å². The molecule has 124 valence electrons. The lowest BCUT2D eigenvalue weighted by Crippen LogP contribution is -2.42. The number of carbonyl (C=O) groups is 2. The van der Waals surface area contributed by atoms with Gasteiger partial charge in [0.2, 0.25) is 0 Å². The molecule has 0 saturated carbocycles. The number of methoxy groups -OCH3 is 1. The van der Waals surface area contributed by atoms with Gasteiger partial charge < -0.3 is 14.0 Å². The molecule has 2 rings (SSSR count). The first kappa shape index (κ1) is 17.3. The molecule has 0 radical (unpaired) electrons. The van der Waals surface area contributed by atoms with E-state index in [0.29, 0.717) is 22.4 Å². The van der Waals surface area contributed by atoms with Crippen LogP contribution in [0.3, 0.4) is 0 Å². The Balaban J connectivity index is 3.10. The average Bonchev–Trinajstić information content (AvgIpc) is 2.78. The predicted octanol–water partition coefficient (Wildman–Crippen LogP) is 2.86. The van der Waals surface area contributed by atoms with E-state index < -0.39 is 14.0 Å². The molecule has 6 heteroatoms. The Morgan fingerprint density at radius 1 is 1.13 bits per heavy atom. The minimum atomic E-state index is -1.95. The number of ether oxygens (including phenoxy) is 2. The van der Waals surface area contributed by atoms with Crippen molar-refractivity contribution in [3.8, 4) is 11.5 Å². The number of aryl methyl sites for hydroxylation is 1. The smallest absolute Gasteiger partial charge is 0.308 e. The summed E-state index contributed by atoms with van der Waals surface area (Å²) < 4.78 is 13.1. The summed E-state index contributed by atoms with van der Waals surface area (Å²) in [4.78, 5) is 24.0. The highest BCUT2D eigenvalue weighted by molar-refractivity contribution is 6.90. The molecular weight excluding hydrogens is 310 g/mol. The highest BCUT2D eigenvalue weighted by atomic mass is 28.3. The van der Waals surface area contributed by atoms with Crippen molar-refractivity contribution in [3.05, 3.63) is 17.8 Å². The number of aromatic nitrogens is 1. The molecule has 1 heterocycles. The van der Waals surface area contributed by atoms with E-state index in [1.54, 1.807) is 7.11 Å². The van der Waals surface area contributed by atoms with Gasteiger partial charge in [0.25, 0.3) is 0 Å². The summed E-state index contributed by atoms with van der Waals surface area (Å²) >= 11 is 0. The Kier molecular flexibility index (Phi) is 4.39. The zero-order valence-electron chi connectivity index (χ0n) is 14.7. The lowest BCUT2D eigenvalue weighted by molar-refractivity contribution is -0.131. The zero-order chi connectivity index (χ0) is 17.5. The largest absolute Gasteiger partial charge is 0.495 e. The lowest BCUT2D eigenvalue weighted by atomic mass is 10.1. The molecule has 0 aliphatic heterocycles. The van der Waals surface area contributed by atoms with Crippen LogP contribution >= 0.6 is 0 Å². The molecule has 2 aromatic rings. The molecule has 0 bridgehead atoms. The van der Waals surface area contributed by atoms with Gasteiger partial charge >= 0.3 is 5.97 Å². The number of hydrogen-bond acceptors (Lipinski definition) is 4. The van der Waals surface area contributed by atoms with Crippen LogP contribution in [0.5, 0.6) is 11.5 Å². The van der Waals surface area contributed by atoms with Gasteiger partial charge in [0.15, 0.2) is 11.5 Å². The highest BCUT2D eigenvalue weighted by Gasteiger charge is 2.33. The third kappa shape index (κ3) is 2.90. The second-order valence-corrected chi connectivity index (χ2v) is 11.7. The fourth-order valence-electron chi connectivity index (χ4n) is 2.98. The molecule has 0 aliphatic carbocycles. The second kappa shape index (κ2) is 5.85. The minimum Gasteiger partial charge on any atom is -0.495 e. The molecular formula is C17H23NO4Si. The molecule has 0 fully saturated rings. The van der Waals surface area contributed by atoms with Gasteiger partial charge in [0.05, 0.1) is 26.3 Å². The van der Waals surface area contributed by atoms with Crippen molar-refractivity contribution in [2.24, 2.45) is 7.05 Å². The number of rotatable bonds is 4. The molecule has 0 atom stereocenters. The van der Waals surface area contributed by atoms with Crippen LogP contribution < -0.4 is 14.7 Å². The van der Waals surface area contributed by atoms with E-state index in [-0.39, 0.29) is 5.78 Å². The molecule has 23 heavy (non-hydrogen) atoms. The third-order valence-electron chi connectivity index (χ3n) is 3.79. The normalized spacial score (nSPS) is 11.6. The standard InChI is InChI=1S/C17H23NO4Si/c1-10(19)13-15(22-11(2)20)12-8-9-18(3)14(12)16(21-4)17(13)23(5,6)7/h8-9H,1-7H3. The van der Waals surface area contributed by atoms with Crippen LogP contribution in [0.4, 0.5) is 0 Å². The summed E-state index contributed by atoms with van der Waals surface area (Å²) in [6.45, 7) is 9.27. The maximum atomic E-state index is 12.4. The fourth-order valence-corrected chi connectivity index (χ4v) is 4.92.